The van der Waals surface area contributed by atoms with E-state index in [1.165, 1.54) is 11.0 Å². The van der Waals surface area contributed by atoms with E-state index in [0.717, 1.165) is 44.2 Å². The van der Waals surface area contributed by atoms with Gasteiger partial charge in [0.1, 0.15) is 0 Å². The molecular formula is C28H34F2N4O3. The molecule has 3 amide bonds. The molecule has 1 fully saturated rings. The average molecular weight is 513 g/mol. The first kappa shape index (κ1) is 26.7. The van der Waals surface area contributed by atoms with E-state index < -0.39 is 23.6 Å². The second-order valence-electron chi connectivity index (χ2n) is 10.8. The molecule has 1 unspecified atom stereocenters. The van der Waals surface area contributed by atoms with E-state index in [4.69, 9.17) is 5.73 Å². The predicted molar refractivity (Wildman–Crippen MR) is 138 cm³/mol. The molecular weight excluding hydrogens is 478 g/mol. The standard InChI is InChI=1S/C28H34F2N4O3/c1-28(2,15-31)16-32-26(36)18-9-11-23-22(13-18)33-25(35)14-24(17-6-4-3-5-7-17)34(23)27(37)19-8-10-20(29)21(30)12-19/h8-13,17,24H,3-7,14-16,31H2,1-2H3,(H,32,36)(H,33,35). The van der Waals surface area contributed by atoms with Crippen LogP contribution in [-0.4, -0.2) is 36.9 Å². The van der Waals surface area contributed by atoms with Crippen molar-refractivity contribution in [1.29, 1.82) is 0 Å². The van der Waals surface area contributed by atoms with E-state index in [2.05, 4.69) is 10.6 Å². The van der Waals surface area contributed by atoms with Gasteiger partial charge in [-0.05, 0) is 67.1 Å². The molecule has 198 valence electrons. The molecule has 2 aromatic rings. The Morgan fingerprint density at radius 1 is 1.05 bits per heavy atom. The Bertz CT molecular complexity index is 1190. The first-order valence-electron chi connectivity index (χ1n) is 12.8. The lowest BCUT2D eigenvalue weighted by atomic mass is 9.81. The topological polar surface area (TPSA) is 105 Å². The molecule has 0 spiro atoms. The summed E-state index contributed by atoms with van der Waals surface area (Å²) in [5.41, 5.74) is 6.54. The van der Waals surface area contributed by atoms with Crippen LogP contribution in [0.3, 0.4) is 0 Å². The fourth-order valence-electron chi connectivity index (χ4n) is 5.07. The van der Waals surface area contributed by atoms with E-state index in [1.54, 1.807) is 18.2 Å². The number of halogens is 2. The number of benzene rings is 2. The summed E-state index contributed by atoms with van der Waals surface area (Å²) in [6.07, 6.45) is 4.91. The number of nitrogens with zero attached hydrogens (tertiary/aromatic N) is 1. The molecule has 1 aliphatic carbocycles. The molecule has 9 heteroatoms. The molecule has 1 atom stereocenters. The maximum Gasteiger partial charge on any atom is 0.258 e. The third-order valence-corrected chi connectivity index (χ3v) is 7.38. The molecule has 0 aromatic heterocycles. The lowest BCUT2D eigenvalue weighted by Crippen LogP contribution is -2.46. The van der Waals surface area contributed by atoms with Crippen molar-refractivity contribution < 1.29 is 23.2 Å². The summed E-state index contributed by atoms with van der Waals surface area (Å²) in [4.78, 5) is 41.2. The lowest BCUT2D eigenvalue weighted by molar-refractivity contribution is -0.116. The minimum absolute atomic E-state index is 0.00848. The van der Waals surface area contributed by atoms with Gasteiger partial charge in [0.05, 0.1) is 11.4 Å². The van der Waals surface area contributed by atoms with Gasteiger partial charge in [0.25, 0.3) is 11.8 Å². The second kappa shape index (κ2) is 11.0. The number of nitrogens with one attached hydrogen (secondary N) is 2. The Kier molecular flexibility index (Phi) is 7.92. The van der Waals surface area contributed by atoms with Gasteiger partial charge in [0.2, 0.25) is 5.91 Å². The van der Waals surface area contributed by atoms with Crippen LogP contribution >= 0.6 is 0 Å². The molecule has 4 N–H and O–H groups in total. The van der Waals surface area contributed by atoms with Crippen LogP contribution in [0.1, 0.15) is 73.1 Å². The van der Waals surface area contributed by atoms with Crippen molar-refractivity contribution in [3.05, 3.63) is 59.2 Å². The van der Waals surface area contributed by atoms with Crippen molar-refractivity contribution in [2.24, 2.45) is 17.1 Å². The Balaban J connectivity index is 1.73. The summed E-state index contributed by atoms with van der Waals surface area (Å²) in [5, 5.41) is 5.73. The molecule has 1 heterocycles. The number of hydrogen-bond donors (Lipinski definition) is 3. The zero-order valence-electron chi connectivity index (χ0n) is 21.3. The van der Waals surface area contributed by atoms with Gasteiger partial charge >= 0.3 is 0 Å². The third-order valence-electron chi connectivity index (χ3n) is 7.38. The third kappa shape index (κ3) is 5.98. The Labute approximate surface area is 215 Å². The van der Waals surface area contributed by atoms with Crippen molar-refractivity contribution in [2.45, 2.75) is 58.4 Å². The zero-order chi connectivity index (χ0) is 26.7. The number of fused-ring (bicyclic) bond motifs is 1. The van der Waals surface area contributed by atoms with Gasteiger partial charge in [0.15, 0.2) is 11.6 Å². The highest BCUT2D eigenvalue weighted by molar-refractivity contribution is 6.12. The van der Waals surface area contributed by atoms with Gasteiger partial charge in [-0.15, -0.1) is 0 Å². The molecule has 1 aliphatic heterocycles. The number of rotatable bonds is 6. The highest BCUT2D eigenvalue weighted by Gasteiger charge is 2.38. The highest BCUT2D eigenvalue weighted by Crippen LogP contribution is 2.39. The number of nitrogens with two attached hydrogens (primary N) is 1. The largest absolute Gasteiger partial charge is 0.351 e. The molecule has 1 saturated carbocycles. The SMILES string of the molecule is CC(C)(CN)CNC(=O)c1ccc2c(c1)NC(=O)CC(C1CCCCC1)N2C(=O)c1ccc(F)c(F)c1. The molecule has 0 saturated heterocycles. The second-order valence-corrected chi connectivity index (χ2v) is 10.8. The smallest absolute Gasteiger partial charge is 0.258 e. The fourth-order valence-corrected chi connectivity index (χ4v) is 5.07. The highest BCUT2D eigenvalue weighted by atomic mass is 19.2. The van der Waals surface area contributed by atoms with E-state index in [1.807, 2.05) is 13.8 Å². The maximum absolute atomic E-state index is 14.1. The number of carbonyl (C=O) groups is 3. The van der Waals surface area contributed by atoms with Crippen LogP contribution in [0.4, 0.5) is 20.2 Å². The van der Waals surface area contributed by atoms with Crippen LogP contribution in [0.2, 0.25) is 0 Å². The summed E-state index contributed by atoms with van der Waals surface area (Å²) in [6.45, 7) is 4.66. The number of amides is 3. The quantitative estimate of drug-likeness (QED) is 0.525. The van der Waals surface area contributed by atoms with Crippen molar-refractivity contribution in [3.8, 4) is 0 Å². The van der Waals surface area contributed by atoms with E-state index >= 15 is 0 Å². The zero-order valence-corrected chi connectivity index (χ0v) is 21.3. The van der Waals surface area contributed by atoms with Gasteiger partial charge in [-0.25, -0.2) is 8.78 Å². The van der Waals surface area contributed by atoms with E-state index in [0.29, 0.717) is 30.0 Å². The van der Waals surface area contributed by atoms with Gasteiger partial charge in [0, 0.05) is 30.1 Å². The lowest BCUT2D eigenvalue weighted by Gasteiger charge is -2.37. The number of anilines is 2. The summed E-state index contributed by atoms with van der Waals surface area (Å²) < 4.78 is 27.7. The van der Waals surface area contributed by atoms with Crippen LogP contribution in [-0.2, 0) is 4.79 Å². The van der Waals surface area contributed by atoms with Crippen molar-refractivity contribution >= 4 is 29.1 Å². The molecule has 2 aliphatic rings. The van der Waals surface area contributed by atoms with E-state index in [9.17, 15) is 23.2 Å². The van der Waals surface area contributed by atoms with Crippen molar-refractivity contribution in [1.82, 2.24) is 5.32 Å². The monoisotopic (exact) mass is 512 g/mol. The van der Waals surface area contributed by atoms with Gasteiger partial charge in [-0.1, -0.05) is 33.1 Å². The van der Waals surface area contributed by atoms with Crippen molar-refractivity contribution in [2.75, 3.05) is 23.3 Å². The predicted octanol–water partition coefficient (Wildman–Crippen LogP) is 4.62. The first-order chi connectivity index (χ1) is 17.6. The number of carbonyl (C=O) groups excluding carboxylic acids is 3. The van der Waals surface area contributed by atoms with E-state index in [-0.39, 0.29) is 35.1 Å². The fraction of sp³-hybridized carbons (Fsp3) is 0.464. The van der Waals surface area contributed by atoms with Crippen LogP contribution in [0, 0.1) is 23.0 Å². The Morgan fingerprint density at radius 2 is 1.76 bits per heavy atom. The molecule has 7 nitrogen and oxygen atoms in total. The van der Waals surface area contributed by atoms with Crippen LogP contribution in [0.5, 0.6) is 0 Å². The molecule has 37 heavy (non-hydrogen) atoms. The Morgan fingerprint density at radius 3 is 2.43 bits per heavy atom. The van der Waals surface area contributed by atoms with Crippen molar-refractivity contribution in [3.63, 3.8) is 0 Å². The number of hydrogen-bond acceptors (Lipinski definition) is 4. The molecule has 0 radical (unpaired) electrons. The minimum atomic E-state index is -1.11. The van der Waals surface area contributed by atoms with Crippen LogP contribution < -0.4 is 21.3 Å². The Hall–Kier alpha value is -3.33. The first-order valence-corrected chi connectivity index (χ1v) is 12.8. The molecule has 0 bridgehead atoms. The minimum Gasteiger partial charge on any atom is -0.351 e. The van der Waals surface area contributed by atoms with Gasteiger partial charge < -0.3 is 21.3 Å². The van der Waals surface area contributed by atoms with Crippen LogP contribution in [0.25, 0.3) is 0 Å². The molecule has 4 rings (SSSR count). The summed E-state index contributed by atoms with van der Waals surface area (Å²) in [7, 11) is 0. The summed E-state index contributed by atoms with van der Waals surface area (Å²) in [5.74, 6) is -3.18. The normalized spacial score (nSPS) is 18.6. The summed E-state index contributed by atoms with van der Waals surface area (Å²) in [6, 6.07) is 7.40. The average Bonchev–Trinajstić information content (AvgIpc) is 3.04. The van der Waals surface area contributed by atoms with Gasteiger partial charge in [-0.2, -0.15) is 0 Å². The molecule has 2 aromatic carbocycles. The maximum atomic E-state index is 14.1. The van der Waals surface area contributed by atoms with Gasteiger partial charge in [-0.3, -0.25) is 14.4 Å². The summed E-state index contributed by atoms with van der Waals surface area (Å²) >= 11 is 0. The van der Waals surface area contributed by atoms with Crippen LogP contribution in [0.15, 0.2) is 36.4 Å².